The van der Waals surface area contributed by atoms with Gasteiger partial charge in [0.05, 0.1) is 6.54 Å². The monoisotopic (exact) mass is 434 g/mol. The van der Waals surface area contributed by atoms with Crippen LogP contribution in [0.2, 0.25) is 4.47 Å². The van der Waals surface area contributed by atoms with Gasteiger partial charge in [-0.25, -0.2) is 4.98 Å². The number of aromatic nitrogens is 1. The number of halogens is 1. The highest BCUT2D eigenvalue weighted by Gasteiger charge is 2.08. The minimum Gasteiger partial charge on any atom is -0.380 e. The van der Waals surface area contributed by atoms with Crippen LogP contribution >= 0.6 is 22.9 Å². The topological polar surface area (TPSA) is 66.1 Å². The maximum absolute atomic E-state index is 12.6. The van der Waals surface area contributed by atoms with E-state index < -0.39 is 0 Å². The zero-order valence-corrected chi connectivity index (χ0v) is 17.5. The lowest BCUT2D eigenvalue weighted by atomic mass is 10.1. The molecule has 3 N–H and O–H groups in total. The van der Waals surface area contributed by atoms with Gasteiger partial charge in [-0.2, -0.15) is 0 Å². The summed E-state index contributed by atoms with van der Waals surface area (Å²) in [6.07, 6.45) is 1.74. The molecule has 1 heterocycles. The van der Waals surface area contributed by atoms with E-state index in [4.69, 9.17) is 11.6 Å². The molecule has 0 atom stereocenters. The summed E-state index contributed by atoms with van der Waals surface area (Å²) in [6.45, 7) is 0.603. The summed E-state index contributed by atoms with van der Waals surface area (Å²) in [5, 5.41) is 9.54. The molecule has 30 heavy (non-hydrogen) atoms. The Morgan fingerprint density at radius 2 is 1.57 bits per heavy atom. The molecule has 0 fully saturated rings. The van der Waals surface area contributed by atoms with Crippen LogP contribution in [0.4, 0.5) is 22.7 Å². The molecular weight excluding hydrogens is 416 g/mol. The molecule has 0 unspecified atom stereocenters. The molecule has 4 aromatic rings. The van der Waals surface area contributed by atoms with Crippen molar-refractivity contribution in [2.24, 2.45) is 0 Å². The van der Waals surface area contributed by atoms with Gasteiger partial charge in [0.2, 0.25) is 0 Å². The second-order valence-corrected chi connectivity index (χ2v) is 8.23. The number of carbonyl (C=O) groups excluding carboxylic acids is 1. The smallest absolute Gasteiger partial charge is 0.255 e. The van der Waals surface area contributed by atoms with Crippen molar-refractivity contribution < 1.29 is 4.79 Å². The third-order valence-corrected chi connectivity index (χ3v) is 5.44. The highest BCUT2D eigenvalue weighted by atomic mass is 35.5. The molecule has 0 aliphatic heterocycles. The van der Waals surface area contributed by atoms with Crippen molar-refractivity contribution in [1.82, 2.24) is 4.98 Å². The summed E-state index contributed by atoms with van der Waals surface area (Å²) in [7, 11) is 0. The van der Waals surface area contributed by atoms with E-state index in [0.717, 1.165) is 27.6 Å². The molecule has 0 bridgehead atoms. The lowest BCUT2D eigenvalue weighted by Gasteiger charge is -2.10. The van der Waals surface area contributed by atoms with Crippen LogP contribution in [0.25, 0.3) is 0 Å². The molecule has 1 aromatic heterocycles. The van der Waals surface area contributed by atoms with Gasteiger partial charge in [0.15, 0.2) is 4.47 Å². The third kappa shape index (κ3) is 5.37. The van der Waals surface area contributed by atoms with Crippen LogP contribution in [-0.4, -0.2) is 10.9 Å². The second-order valence-electron chi connectivity index (χ2n) is 6.54. The molecule has 0 saturated carbocycles. The van der Waals surface area contributed by atoms with Crippen molar-refractivity contribution in [3.05, 3.63) is 100.0 Å². The van der Waals surface area contributed by atoms with Gasteiger partial charge in [-0.3, -0.25) is 4.79 Å². The number of benzene rings is 3. The molecule has 0 radical (unpaired) electrons. The van der Waals surface area contributed by atoms with Crippen molar-refractivity contribution in [2.45, 2.75) is 6.54 Å². The van der Waals surface area contributed by atoms with Crippen LogP contribution in [-0.2, 0) is 6.54 Å². The number of para-hydroxylation sites is 1. The van der Waals surface area contributed by atoms with Gasteiger partial charge in [-0.15, -0.1) is 11.3 Å². The summed E-state index contributed by atoms with van der Waals surface area (Å²) < 4.78 is 0.518. The maximum Gasteiger partial charge on any atom is 0.255 e. The van der Waals surface area contributed by atoms with E-state index >= 15 is 0 Å². The first-order chi connectivity index (χ1) is 14.7. The summed E-state index contributed by atoms with van der Waals surface area (Å²) in [6, 6.07) is 24.9. The first-order valence-corrected chi connectivity index (χ1v) is 10.5. The minimum atomic E-state index is -0.164. The van der Waals surface area contributed by atoms with Crippen LogP contribution < -0.4 is 16.0 Å². The molecule has 7 heteroatoms. The highest BCUT2D eigenvalue weighted by Crippen LogP contribution is 2.21. The Bertz CT molecular complexity index is 1130. The van der Waals surface area contributed by atoms with Crippen molar-refractivity contribution in [3.63, 3.8) is 0 Å². The average Bonchev–Trinajstić information content (AvgIpc) is 3.20. The predicted octanol–water partition coefficient (Wildman–Crippen LogP) is 6.40. The Hall–Kier alpha value is -3.35. The first kappa shape index (κ1) is 19.9. The number of nitrogens with zero attached hydrogens (tertiary/aromatic N) is 1. The van der Waals surface area contributed by atoms with E-state index in [-0.39, 0.29) is 5.91 Å². The Kier molecular flexibility index (Phi) is 6.27. The number of anilines is 4. The lowest BCUT2D eigenvalue weighted by Crippen LogP contribution is -2.12. The van der Waals surface area contributed by atoms with Crippen molar-refractivity contribution in [1.29, 1.82) is 0 Å². The van der Waals surface area contributed by atoms with Gasteiger partial charge in [0.1, 0.15) is 0 Å². The molecular formula is C23H19ClN4OS. The van der Waals surface area contributed by atoms with Gasteiger partial charge in [-0.1, -0.05) is 35.9 Å². The molecule has 0 saturated heterocycles. The molecule has 0 aliphatic carbocycles. The fourth-order valence-electron chi connectivity index (χ4n) is 2.85. The van der Waals surface area contributed by atoms with Gasteiger partial charge in [0, 0.05) is 39.4 Å². The van der Waals surface area contributed by atoms with Crippen molar-refractivity contribution >= 4 is 51.6 Å². The number of hydrogen-bond donors (Lipinski definition) is 3. The van der Waals surface area contributed by atoms with Crippen LogP contribution in [0.1, 0.15) is 15.2 Å². The lowest BCUT2D eigenvalue weighted by molar-refractivity contribution is 0.102. The number of rotatable bonds is 7. The van der Waals surface area contributed by atoms with Crippen LogP contribution in [0.5, 0.6) is 0 Å². The quantitative estimate of drug-likeness (QED) is 0.314. The Labute approximate surface area is 183 Å². The summed E-state index contributed by atoms with van der Waals surface area (Å²) >= 11 is 7.29. The first-order valence-electron chi connectivity index (χ1n) is 9.33. The van der Waals surface area contributed by atoms with Crippen molar-refractivity contribution in [2.75, 3.05) is 16.0 Å². The summed E-state index contributed by atoms with van der Waals surface area (Å²) in [5.74, 6) is -0.164. The SMILES string of the molecule is O=C(Nc1ccc(Nc2ccccc2)cc1)c1cccc(NCc2cnc(Cl)s2)c1. The fourth-order valence-corrected chi connectivity index (χ4v) is 3.77. The van der Waals surface area contributed by atoms with E-state index in [1.807, 2.05) is 72.8 Å². The van der Waals surface area contributed by atoms with Gasteiger partial charge >= 0.3 is 0 Å². The van der Waals surface area contributed by atoms with E-state index in [1.54, 1.807) is 12.3 Å². The van der Waals surface area contributed by atoms with Crippen LogP contribution in [0.3, 0.4) is 0 Å². The van der Waals surface area contributed by atoms with Gasteiger partial charge in [0.25, 0.3) is 5.91 Å². The highest BCUT2D eigenvalue weighted by molar-refractivity contribution is 7.15. The summed E-state index contributed by atoms with van der Waals surface area (Å²) in [4.78, 5) is 17.7. The molecule has 3 aromatic carbocycles. The Morgan fingerprint density at radius 3 is 2.30 bits per heavy atom. The number of carbonyl (C=O) groups is 1. The standard InChI is InChI=1S/C23H19ClN4OS/c24-23-26-15-21(30-23)14-25-20-8-4-5-16(13-20)22(29)28-19-11-9-18(10-12-19)27-17-6-2-1-3-7-17/h1-13,15,25,27H,14H2,(H,28,29). The molecule has 0 spiro atoms. The molecule has 150 valence electrons. The average molecular weight is 435 g/mol. The van der Waals surface area contributed by atoms with E-state index in [0.29, 0.717) is 16.6 Å². The molecule has 4 rings (SSSR count). The fraction of sp³-hybridized carbons (Fsp3) is 0.0435. The van der Waals surface area contributed by atoms with Gasteiger partial charge in [-0.05, 0) is 54.6 Å². The number of thiazole rings is 1. The van der Waals surface area contributed by atoms with E-state index in [9.17, 15) is 4.79 Å². The van der Waals surface area contributed by atoms with Crippen LogP contribution in [0, 0.1) is 0 Å². The second kappa shape index (κ2) is 9.43. The normalized spacial score (nSPS) is 10.4. The number of hydrogen-bond acceptors (Lipinski definition) is 5. The van der Waals surface area contributed by atoms with E-state index in [1.165, 1.54) is 11.3 Å². The van der Waals surface area contributed by atoms with Crippen molar-refractivity contribution in [3.8, 4) is 0 Å². The molecule has 1 amide bonds. The number of nitrogens with one attached hydrogen (secondary N) is 3. The van der Waals surface area contributed by atoms with E-state index in [2.05, 4.69) is 20.9 Å². The molecule has 5 nitrogen and oxygen atoms in total. The third-order valence-electron chi connectivity index (χ3n) is 4.32. The predicted molar refractivity (Wildman–Crippen MR) is 125 cm³/mol. The zero-order valence-electron chi connectivity index (χ0n) is 15.9. The molecule has 0 aliphatic rings. The summed E-state index contributed by atoms with van der Waals surface area (Å²) in [5.41, 5.74) is 4.13. The maximum atomic E-state index is 12.6. The minimum absolute atomic E-state index is 0.164. The largest absolute Gasteiger partial charge is 0.380 e. The Morgan fingerprint density at radius 1 is 0.867 bits per heavy atom. The Balaban J connectivity index is 1.36. The van der Waals surface area contributed by atoms with Gasteiger partial charge < -0.3 is 16.0 Å². The number of amides is 1. The zero-order chi connectivity index (χ0) is 20.8. The van der Waals surface area contributed by atoms with Crippen LogP contribution in [0.15, 0.2) is 85.1 Å².